The lowest BCUT2D eigenvalue weighted by Crippen LogP contribution is -2.27. The maximum atomic E-state index is 12.5. The minimum absolute atomic E-state index is 0.0574. The topological polar surface area (TPSA) is 88.3 Å². The van der Waals surface area contributed by atoms with Gasteiger partial charge in [0, 0.05) is 23.7 Å². The van der Waals surface area contributed by atoms with Crippen LogP contribution in [0.3, 0.4) is 0 Å². The molecule has 1 saturated heterocycles. The summed E-state index contributed by atoms with van der Waals surface area (Å²) in [7, 11) is 0. The van der Waals surface area contributed by atoms with Gasteiger partial charge in [-0.05, 0) is 29.8 Å². The van der Waals surface area contributed by atoms with Gasteiger partial charge >= 0.3 is 0 Å². The third-order valence-corrected chi connectivity index (χ3v) is 6.72. The summed E-state index contributed by atoms with van der Waals surface area (Å²) in [4.78, 5) is 26.4. The lowest BCUT2D eigenvalue weighted by molar-refractivity contribution is -0.128. The molecule has 1 aliphatic rings. The van der Waals surface area contributed by atoms with Gasteiger partial charge in [0.2, 0.25) is 16.9 Å². The number of likely N-dealkylation sites (tertiary alicyclic amines) is 1. The number of nitrogens with one attached hydrogen (secondary N) is 1. The van der Waals surface area contributed by atoms with Crippen LogP contribution in [0.15, 0.2) is 51.4 Å². The number of nitrogens with zero attached hydrogens (tertiary/aromatic N) is 3. The van der Waals surface area contributed by atoms with E-state index in [9.17, 15) is 9.59 Å². The van der Waals surface area contributed by atoms with Crippen LogP contribution in [-0.4, -0.2) is 33.5 Å². The van der Waals surface area contributed by atoms with Crippen LogP contribution >= 0.6 is 34.7 Å². The molecule has 0 spiro atoms. The number of furan rings is 1. The van der Waals surface area contributed by atoms with Gasteiger partial charge in [-0.15, -0.1) is 10.2 Å². The molecule has 0 radical (unpaired) electrons. The first kappa shape index (κ1) is 19.9. The molecule has 1 fully saturated rings. The Morgan fingerprint density at radius 3 is 2.90 bits per heavy atom. The average molecular weight is 449 g/mol. The van der Waals surface area contributed by atoms with Crippen LogP contribution in [0, 0.1) is 5.92 Å². The van der Waals surface area contributed by atoms with Crippen molar-refractivity contribution in [1.82, 2.24) is 15.1 Å². The summed E-state index contributed by atoms with van der Waals surface area (Å²) >= 11 is 8.75. The van der Waals surface area contributed by atoms with Crippen LogP contribution in [-0.2, 0) is 21.9 Å². The standard InChI is InChI=1S/C19H17ClN4O3S2/c20-14-5-3-12(4-6-14)11-28-19-23-22-18(29-19)21-17(26)13-8-16(25)24(9-13)10-15-2-1-7-27-15/h1-7,13H,8-11H2,(H,21,22,26). The normalized spacial score (nSPS) is 16.4. The van der Waals surface area contributed by atoms with E-state index < -0.39 is 5.92 Å². The fourth-order valence-electron chi connectivity index (χ4n) is 2.94. The van der Waals surface area contributed by atoms with E-state index in [1.807, 2.05) is 30.3 Å². The lowest BCUT2D eigenvalue weighted by Gasteiger charge is -2.14. The Bertz CT molecular complexity index is 991. The minimum Gasteiger partial charge on any atom is -0.467 e. The smallest absolute Gasteiger partial charge is 0.231 e. The fourth-order valence-corrected chi connectivity index (χ4v) is 4.78. The number of halogens is 1. The maximum absolute atomic E-state index is 12.5. The quantitative estimate of drug-likeness (QED) is 0.433. The van der Waals surface area contributed by atoms with Gasteiger partial charge in [0.1, 0.15) is 5.76 Å². The number of benzene rings is 1. The highest BCUT2D eigenvalue weighted by Crippen LogP contribution is 2.29. The molecule has 0 saturated carbocycles. The average Bonchev–Trinajstić information content (AvgIpc) is 3.45. The Kier molecular flexibility index (Phi) is 6.17. The van der Waals surface area contributed by atoms with Crippen molar-refractivity contribution in [3.05, 3.63) is 59.0 Å². The molecular formula is C19H17ClN4O3S2. The zero-order valence-corrected chi connectivity index (χ0v) is 17.6. The van der Waals surface area contributed by atoms with Crippen molar-refractivity contribution in [2.45, 2.75) is 23.1 Å². The molecule has 0 aliphatic carbocycles. The molecule has 10 heteroatoms. The third kappa shape index (κ3) is 5.17. The van der Waals surface area contributed by atoms with Crippen LogP contribution in [0.1, 0.15) is 17.7 Å². The Hall–Kier alpha value is -2.36. The highest BCUT2D eigenvalue weighted by atomic mass is 35.5. The first-order valence-electron chi connectivity index (χ1n) is 8.88. The summed E-state index contributed by atoms with van der Waals surface area (Å²) in [6.07, 6.45) is 1.75. The molecule has 1 aromatic carbocycles. The molecule has 1 unspecified atom stereocenters. The molecule has 2 amide bonds. The van der Waals surface area contributed by atoms with E-state index in [0.717, 1.165) is 15.7 Å². The second-order valence-corrected chi connectivity index (χ2v) is 9.17. The number of amides is 2. The van der Waals surface area contributed by atoms with E-state index in [-0.39, 0.29) is 18.2 Å². The number of carbonyl (C=O) groups excluding carboxylic acids is 2. The zero-order valence-electron chi connectivity index (χ0n) is 15.2. The van der Waals surface area contributed by atoms with Crippen LogP contribution in [0.5, 0.6) is 0 Å². The van der Waals surface area contributed by atoms with E-state index in [0.29, 0.717) is 29.0 Å². The van der Waals surface area contributed by atoms with Crippen molar-refractivity contribution < 1.29 is 14.0 Å². The first-order valence-corrected chi connectivity index (χ1v) is 11.1. The Morgan fingerprint density at radius 1 is 1.31 bits per heavy atom. The van der Waals surface area contributed by atoms with Gasteiger partial charge in [0.05, 0.1) is 18.7 Å². The largest absolute Gasteiger partial charge is 0.467 e. The Morgan fingerprint density at radius 2 is 2.14 bits per heavy atom. The van der Waals surface area contributed by atoms with Crippen molar-refractivity contribution >= 4 is 51.6 Å². The van der Waals surface area contributed by atoms with Gasteiger partial charge in [0.25, 0.3) is 0 Å². The summed E-state index contributed by atoms with van der Waals surface area (Å²) < 4.78 is 6.04. The van der Waals surface area contributed by atoms with Crippen LogP contribution < -0.4 is 5.32 Å². The van der Waals surface area contributed by atoms with Crippen molar-refractivity contribution in [2.75, 3.05) is 11.9 Å². The number of thioether (sulfide) groups is 1. The number of aromatic nitrogens is 2. The third-order valence-electron chi connectivity index (χ3n) is 4.42. The first-order chi connectivity index (χ1) is 14.1. The van der Waals surface area contributed by atoms with Crippen LogP contribution in [0.25, 0.3) is 0 Å². The minimum atomic E-state index is -0.411. The number of hydrogen-bond acceptors (Lipinski definition) is 7. The Labute approximate surface area is 180 Å². The molecule has 29 heavy (non-hydrogen) atoms. The Balaban J connectivity index is 1.28. The predicted octanol–water partition coefficient (Wildman–Crippen LogP) is 4.06. The molecule has 1 N–H and O–H groups in total. The second-order valence-electron chi connectivity index (χ2n) is 6.53. The maximum Gasteiger partial charge on any atom is 0.231 e. The van der Waals surface area contributed by atoms with Gasteiger partial charge in [-0.1, -0.05) is 46.8 Å². The molecule has 3 aromatic rings. The van der Waals surface area contributed by atoms with E-state index in [1.165, 1.54) is 11.3 Å². The van der Waals surface area contributed by atoms with Crippen molar-refractivity contribution in [3.8, 4) is 0 Å². The number of carbonyl (C=O) groups is 2. The number of anilines is 1. The molecule has 1 aliphatic heterocycles. The van der Waals surface area contributed by atoms with Gasteiger partial charge in [0.15, 0.2) is 4.34 Å². The molecule has 7 nitrogen and oxygen atoms in total. The zero-order chi connectivity index (χ0) is 20.2. The van der Waals surface area contributed by atoms with Crippen LogP contribution in [0.4, 0.5) is 5.13 Å². The monoisotopic (exact) mass is 448 g/mol. The molecule has 4 rings (SSSR count). The van der Waals surface area contributed by atoms with Crippen molar-refractivity contribution in [1.29, 1.82) is 0 Å². The molecule has 3 heterocycles. The highest BCUT2D eigenvalue weighted by molar-refractivity contribution is 8.00. The lowest BCUT2D eigenvalue weighted by atomic mass is 10.1. The van der Waals surface area contributed by atoms with E-state index in [2.05, 4.69) is 15.5 Å². The van der Waals surface area contributed by atoms with Gasteiger partial charge in [-0.2, -0.15) is 0 Å². The summed E-state index contributed by atoms with van der Waals surface area (Å²) in [6, 6.07) is 11.2. The molecule has 1 atom stereocenters. The highest BCUT2D eigenvalue weighted by Gasteiger charge is 2.35. The van der Waals surface area contributed by atoms with Gasteiger partial charge in [-0.25, -0.2) is 0 Å². The van der Waals surface area contributed by atoms with E-state index >= 15 is 0 Å². The van der Waals surface area contributed by atoms with Gasteiger partial charge < -0.3 is 14.6 Å². The van der Waals surface area contributed by atoms with Crippen molar-refractivity contribution in [2.24, 2.45) is 5.92 Å². The molecule has 2 aromatic heterocycles. The van der Waals surface area contributed by atoms with E-state index in [1.54, 1.807) is 29.0 Å². The molecule has 150 valence electrons. The SMILES string of the molecule is O=C(Nc1nnc(SCc2ccc(Cl)cc2)s1)C1CC(=O)N(Cc2ccco2)C1. The predicted molar refractivity (Wildman–Crippen MR) is 112 cm³/mol. The summed E-state index contributed by atoms with van der Waals surface area (Å²) in [6.45, 7) is 0.738. The van der Waals surface area contributed by atoms with Gasteiger partial charge in [-0.3, -0.25) is 9.59 Å². The second kappa shape index (κ2) is 8.98. The summed E-state index contributed by atoms with van der Waals surface area (Å²) in [5.41, 5.74) is 1.13. The number of rotatable bonds is 7. The number of hydrogen-bond donors (Lipinski definition) is 1. The molecular weight excluding hydrogens is 432 g/mol. The van der Waals surface area contributed by atoms with Crippen LogP contribution in [0.2, 0.25) is 5.02 Å². The fraction of sp³-hybridized carbons (Fsp3) is 0.263. The summed E-state index contributed by atoms with van der Waals surface area (Å²) in [5, 5.41) is 12.1. The summed E-state index contributed by atoms with van der Waals surface area (Å²) in [5.74, 6) is 0.750. The van der Waals surface area contributed by atoms with Crippen molar-refractivity contribution in [3.63, 3.8) is 0 Å². The molecule has 0 bridgehead atoms. The van der Waals surface area contributed by atoms with E-state index in [4.69, 9.17) is 16.0 Å².